The molecule has 3 atom stereocenters. The van der Waals surface area contributed by atoms with E-state index in [1.54, 1.807) is 0 Å². The van der Waals surface area contributed by atoms with Gasteiger partial charge in [-0.3, -0.25) is 4.90 Å². The molecule has 1 heterocycles. The number of rotatable bonds is 5. The first-order valence-electron chi connectivity index (χ1n) is 6.28. The average molecular weight is 230 g/mol. The Morgan fingerprint density at radius 1 is 1.40 bits per heavy atom. The number of likely N-dealkylation sites (N-methyl/N-ethyl adjacent to an activating group) is 1. The molecule has 0 aromatic rings. The molecule has 0 bridgehead atoms. The first-order valence-corrected chi connectivity index (χ1v) is 7.33. The molecule has 0 aliphatic carbocycles. The van der Waals surface area contributed by atoms with Crippen LogP contribution < -0.4 is 5.32 Å². The van der Waals surface area contributed by atoms with E-state index in [1.165, 1.54) is 18.7 Å². The summed E-state index contributed by atoms with van der Waals surface area (Å²) < 4.78 is 0. The summed E-state index contributed by atoms with van der Waals surface area (Å²) >= 11 is 2.12. The molecule has 0 radical (unpaired) electrons. The van der Waals surface area contributed by atoms with E-state index in [0.29, 0.717) is 0 Å². The van der Waals surface area contributed by atoms with Crippen LogP contribution in [0.1, 0.15) is 34.1 Å². The van der Waals surface area contributed by atoms with E-state index in [-0.39, 0.29) is 0 Å². The Balaban J connectivity index is 2.49. The molecule has 0 aromatic carbocycles. The lowest BCUT2D eigenvalue weighted by atomic mass is 10.1. The van der Waals surface area contributed by atoms with Gasteiger partial charge in [0.25, 0.3) is 0 Å². The summed E-state index contributed by atoms with van der Waals surface area (Å²) in [7, 11) is 0. The maximum Gasteiger partial charge on any atom is 0.0221 e. The summed E-state index contributed by atoms with van der Waals surface area (Å²) in [6.07, 6.45) is 1.26. The molecule has 15 heavy (non-hydrogen) atoms. The van der Waals surface area contributed by atoms with E-state index in [0.717, 1.165) is 30.4 Å². The van der Waals surface area contributed by atoms with Gasteiger partial charge in [0.1, 0.15) is 0 Å². The quantitative estimate of drug-likeness (QED) is 0.779. The first kappa shape index (κ1) is 13.3. The minimum Gasteiger partial charge on any atom is -0.315 e. The van der Waals surface area contributed by atoms with Crippen molar-refractivity contribution in [2.24, 2.45) is 0 Å². The molecule has 1 N–H and O–H groups in total. The van der Waals surface area contributed by atoms with E-state index < -0.39 is 0 Å². The molecular weight excluding hydrogens is 204 g/mol. The van der Waals surface area contributed by atoms with Gasteiger partial charge in [-0.1, -0.05) is 20.8 Å². The van der Waals surface area contributed by atoms with Crippen LogP contribution in [0.25, 0.3) is 0 Å². The Labute approximate surface area is 99.2 Å². The summed E-state index contributed by atoms with van der Waals surface area (Å²) in [5.74, 6) is 1.30. The van der Waals surface area contributed by atoms with Crippen molar-refractivity contribution in [1.29, 1.82) is 0 Å². The summed E-state index contributed by atoms with van der Waals surface area (Å²) in [6, 6.07) is 1.45. The fourth-order valence-corrected chi connectivity index (χ4v) is 3.40. The fourth-order valence-electron chi connectivity index (χ4n) is 2.28. The van der Waals surface area contributed by atoms with Crippen LogP contribution >= 0.6 is 11.8 Å². The third-order valence-corrected chi connectivity index (χ3v) is 4.84. The lowest BCUT2D eigenvalue weighted by molar-refractivity contribution is 0.140. The number of thioether (sulfide) groups is 1. The van der Waals surface area contributed by atoms with Gasteiger partial charge in [0.15, 0.2) is 0 Å². The van der Waals surface area contributed by atoms with Crippen LogP contribution in [0.15, 0.2) is 0 Å². The maximum absolute atomic E-state index is 3.48. The molecule has 1 saturated heterocycles. The molecule has 0 aromatic heterocycles. The van der Waals surface area contributed by atoms with Crippen LogP contribution in [0.4, 0.5) is 0 Å². The van der Waals surface area contributed by atoms with Crippen molar-refractivity contribution in [3.8, 4) is 0 Å². The third kappa shape index (κ3) is 3.65. The van der Waals surface area contributed by atoms with Crippen molar-refractivity contribution in [1.82, 2.24) is 10.2 Å². The van der Waals surface area contributed by atoms with Crippen molar-refractivity contribution in [2.75, 3.05) is 25.4 Å². The van der Waals surface area contributed by atoms with Gasteiger partial charge < -0.3 is 5.32 Å². The summed E-state index contributed by atoms with van der Waals surface area (Å²) in [6.45, 7) is 12.7. The van der Waals surface area contributed by atoms with E-state index in [4.69, 9.17) is 0 Å². The Bertz CT molecular complexity index is 175. The molecule has 90 valence electrons. The van der Waals surface area contributed by atoms with E-state index in [9.17, 15) is 0 Å². The highest BCUT2D eigenvalue weighted by Gasteiger charge is 2.29. The van der Waals surface area contributed by atoms with Gasteiger partial charge in [0, 0.05) is 36.2 Å². The Hall–Kier alpha value is 0.270. The maximum atomic E-state index is 3.48. The monoisotopic (exact) mass is 230 g/mol. The van der Waals surface area contributed by atoms with Crippen LogP contribution in [0.5, 0.6) is 0 Å². The highest BCUT2D eigenvalue weighted by molar-refractivity contribution is 8.00. The van der Waals surface area contributed by atoms with Gasteiger partial charge in [-0.2, -0.15) is 11.8 Å². The zero-order valence-electron chi connectivity index (χ0n) is 10.6. The average Bonchev–Trinajstić information content (AvgIpc) is 2.25. The largest absolute Gasteiger partial charge is 0.315 e. The second-order valence-corrected chi connectivity index (χ2v) is 5.91. The molecule has 0 saturated carbocycles. The summed E-state index contributed by atoms with van der Waals surface area (Å²) in [5.41, 5.74) is 0. The van der Waals surface area contributed by atoms with Crippen LogP contribution in [0.3, 0.4) is 0 Å². The Kier molecular flexibility index (Phi) is 6.02. The molecule has 0 amide bonds. The van der Waals surface area contributed by atoms with Gasteiger partial charge in [-0.15, -0.1) is 0 Å². The molecular formula is C12H26N2S. The SMILES string of the molecule is CCNCC(CC)N1CCSC(C)C1C. The third-order valence-electron chi connectivity index (χ3n) is 3.50. The Morgan fingerprint density at radius 3 is 2.73 bits per heavy atom. The summed E-state index contributed by atoms with van der Waals surface area (Å²) in [4.78, 5) is 2.70. The van der Waals surface area contributed by atoms with Crippen molar-refractivity contribution in [2.45, 2.75) is 51.4 Å². The zero-order chi connectivity index (χ0) is 11.3. The van der Waals surface area contributed by atoms with Crippen molar-refractivity contribution >= 4 is 11.8 Å². The summed E-state index contributed by atoms with van der Waals surface area (Å²) in [5, 5.41) is 4.27. The number of nitrogens with one attached hydrogen (secondary N) is 1. The van der Waals surface area contributed by atoms with Gasteiger partial charge >= 0.3 is 0 Å². The van der Waals surface area contributed by atoms with Crippen molar-refractivity contribution < 1.29 is 0 Å². The molecule has 1 fully saturated rings. The second kappa shape index (κ2) is 6.77. The smallest absolute Gasteiger partial charge is 0.0221 e. The van der Waals surface area contributed by atoms with Gasteiger partial charge in [0.2, 0.25) is 0 Å². The molecule has 2 nitrogen and oxygen atoms in total. The number of nitrogens with zero attached hydrogens (tertiary/aromatic N) is 1. The minimum atomic E-state index is 0.725. The van der Waals surface area contributed by atoms with Crippen LogP contribution in [0, 0.1) is 0 Å². The molecule has 3 heteroatoms. The lowest BCUT2D eigenvalue weighted by Gasteiger charge is -2.42. The van der Waals surface area contributed by atoms with Gasteiger partial charge in [-0.25, -0.2) is 0 Å². The van der Waals surface area contributed by atoms with E-state index >= 15 is 0 Å². The van der Waals surface area contributed by atoms with Gasteiger partial charge in [0.05, 0.1) is 0 Å². The predicted octanol–water partition coefficient (Wildman–Crippen LogP) is 2.20. The minimum absolute atomic E-state index is 0.725. The molecule has 1 aliphatic rings. The second-order valence-electron chi connectivity index (χ2n) is 4.42. The zero-order valence-corrected chi connectivity index (χ0v) is 11.4. The van der Waals surface area contributed by atoms with Crippen LogP contribution in [-0.2, 0) is 0 Å². The van der Waals surface area contributed by atoms with E-state index in [1.807, 2.05) is 0 Å². The van der Waals surface area contributed by atoms with Crippen molar-refractivity contribution in [3.63, 3.8) is 0 Å². The van der Waals surface area contributed by atoms with Crippen LogP contribution in [-0.4, -0.2) is 47.6 Å². The Morgan fingerprint density at radius 2 is 2.13 bits per heavy atom. The molecule has 1 rings (SSSR count). The normalized spacial score (nSPS) is 30.4. The standard InChI is InChI=1S/C12H26N2S/c1-5-12(9-13-6-2)14-7-8-15-11(4)10(14)3/h10-13H,5-9H2,1-4H3. The topological polar surface area (TPSA) is 15.3 Å². The molecule has 1 aliphatic heterocycles. The number of hydrogen-bond donors (Lipinski definition) is 1. The fraction of sp³-hybridized carbons (Fsp3) is 1.00. The van der Waals surface area contributed by atoms with Crippen LogP contribution in [0.2, 0.25) is 0 Å². The highest BCUT2D eigenvalue weighted by Crippen LogP contribution is 2.26. The highest BCUT2D eigenvalue weighted by atomic mass is 32.2. The molecule has 3 unspecified atom stereocenters. The lowest BCUT2D eigenvalue weighted by Crippen LogP contribution is -2.52. The first-order chi connectivity index (χ1) is 7.20. The number of hydrogen-bond acceptors (Lipinski definition) is 3. The predicted molar refractivity (Wildman–Crippen MR) is 70.7 cm³/mol. The van der Waals surface area contributed by atoms with Crippen molar-refractivity contribution in [3.05, 3.63) is 0 Å². The molecule has 0 spiro atoms. The van der Waals surface area contributed by atoms with E-state index in [2.05, 4.69) is 49.7 Å². The van der Waals surface area contributed by atoms with Gasteiger partial charge in [-0.05, 0) is 19.9 Å².